The van der Waals surface area contributed by atoms with Gasteiger partial charge in [0.1, 0.15) is 0 Å². The van der Waals surface area contributed by atoms with Gasteiger partial charge in [-0.15, -0.1) is 0 Å². The van der Waals surface area contributed by atoms with Crippen molar-refractivity contribution in [3.8, 4) is 0 Å². The number of halogens is 1. The summed E-state index contributed by atoms with van der Waals surface area (Å²) < 4.78 is 2.04. The van der Waals surface area contributed by atoms with Gasteiger partial charge in [-0.1, -0.05) is 53.7 Å². The Bertz CT molecular complexity index is 1340. The van der Waals surface area contributed by atoms with Crippen LogP contribution in [0.4, 0.5) is 5.69 Å². The summed E-state index contributed by atoms with van der Waals surface area (Å²) in [5.74, 6) is -0.182. The molecule has 33 heavy (non-hydrogen) atoms. The topological polar surface area (TPSA) is 102 Å². The summed E-state index contributed by atoms with van der Waals surface area (Å²) in [5, 5.41) is 16.0. The SMILES string of the molecule is O=C(CSc1nc2ccccc2n1Cc1ccccc1Cl)N/N=C/c1ccc([N+](=O)[O-])cc1. The van der Waals surface area contributed by atoms with Gasteiger partial charge in [-0.3, -0.25) is 14.9 Å². The first-order chi connectivity index (χ1) is 16.0. The number of amides is 1. The number of hydrogen-bond acceptors (Lipinski definition) is 6. The second kappa shape index (κ2) is 10.3. The summed E-state index contributed by atoms with van der Waals surface area (Å²) in [6.45, 7) is 0.530. The molecule has 1 aromatic heterocycles. The quantitative estimate of drug-likeness (QED) is 0.168. The van der Waals surface area contributed by atoms with Gasteiger partial charge in [-0.25, -0.2) is 10.4 Å². The number of hydrogen-bond donors (Lipinski definition) is 1. The third-order valence-corrected chi connectivity index (χ3v) is 6.09. The monoisotopic (exact) mass is 479 g/mol. The van der Waals surface area contributed by atoms with Gasteiger partial charge in [0.05, 0.1) is 34.5 Å². The fraction of sp³-hybridized carbons (Fsp3) is 0.0870. The number of hydrazone groups is 1. The molecule has 0 aliphatic heterocycles. The zero-order valence-corrected chi connectivity index (χ0v) is 18.8. The predicted molar refractivity (Wildman–Crippen MR) is 130 cm³/mol. The van der Waals surface area contributed by atoms with Crippen LogP contribution in [0.25, 0.3) is 11.0 Å². The highest BCUT2D eigenvalue weighted by atomic mass is 35.5. The molecule has 0 aliphatic rings. The maximum absolute atomic E-state index is 12.3. The van der Waals surface area contributed by atoms with Crippen molar-refractivity contribution in [3.63, 3.8) is 0 Å². The summed E-state index contributed by atoms with van der Waals surface area (Å²) in [6.07, 6.45) is 1.43. The third-order valence-electron chi connectivity index (χ3n) is 4.74. The van der Waals surface area contributed by atoms with E-state index in [4.69, 9.17) is 11.6 Å². The second-order valence-electron chi connectivity index (χ2n) is 6.99. The summed E-state index contributed by atoms with van der Waals surface area (Å²) >= 11 is 7.66. The molecule has 0 atom stereocenters. The van der Waals surface area contributed by atoms with Crippen LogP contribution in [0.5, 0.6) is 0 Å². The molecule has 1 heterocycles. The van der Waals surface area contributed by atoms with E-state index < -0.39 is 4.92 Å². The number of aromatic nitrogens is 2. The van der Waals surface area contributed by atoms with Gasteiger partial charge in [-0.05, 0) is 41.5 Å². The Morgan fingerprint density at radius 1 is 1.12 bits per heavy atom. The number of non-ortho nitro benzene ring substituents is 1. The van der Waals surface area contributed by atoms with Crippen molar-refractivity contribution >= 4 is 52.2 Å². The Balaban J connectivity index is 1.43. The smallest absolute Gasteiger partial charge is 0.269 e. The molecule has 1 N–H and O–H groups in total. The lowest BCUT2D eigenvalue weighted by Gasteiger charge is -2.10. The van der Waals surface area contributed by atoms with Crippen molar-refractivity contribution in [2.24, 2.45) is 5.10 Å². The van der Waals surface area contributed by atoms with E-state index in [2.05, 4.69) is 15.5 Å². The van der Waals surface area contributed by atoms with Crippen LogP contribution in [0.1, 0.15) is 11.1 Å². The fourth-order valence-corrected chi connectivity index (χ4v) is 4.14. The Morgan fingerprint density at radius 2 is 1.85 bits per heavy atom. The highest BCUT2D eigenvalue weighted by Crippen LogP contribution is 2.27. The number of carbonyl (C=O) groups is 1. The molecule has 0 unspecified atom stereocenters. The largest absolute Gasteiger partial charge is 0.314 e. The first-order valence-corrected chi connectivity index (χ1v) is 11.3. The predicted octanol–water partition coefficient (Wildman–Crippen LogP) is 4.89. The molecule has 0 aliphatic carbocycles. The highest BCUT2D eigenvalue weighted by molar-refractivity contribution is 7.99. The zero-order chi connectivity index (χ0) is 23.2. The number of thioether (sulfide) groups is 1. The molecule has 0 bridgehead atoms. The van der Waals surface area contributed by atoms with E-state index in [1.165, 1.54) is 30.1 Å². The number of fused-ring (bicyclic) bond motifs is 1. The van der Waals surface area contributed by atoms with Gasteiger partial charge >= 0.3 is 0 Å². The first-order valence-electron chi connectivity index (χ1n) is 9.89. The molecule has 0 saturated carbocycles. The molecule has 3 aromatic carbocycles. The third kappa shape index (κ3) is 5.57. The summed E-state index contributed by atoms with van der Waals surface area (Å²) in [4.78, 5) is 27.2. The maximum atomic E-state index is 12.3. The van der Waals surface area contributed by atoms with E-state index in [-0.39, 0.29) is 17.3 Å². The minimum absolute atomic E-state index is 0.00716. The van der Waals surface area contributed by atoms with Gasteiger partial charge < -0.3 is 4.57 Å². The average molecular weight is 480 g/mol. The minimum atomic E-state index is -0.473. The van der Waals surface area contributed by atoms with Crippen LogP contribution < -0.4 is 5.43 Å². The van der Waals surface area contributed by atoms with E-state index in [1.807, 2.05) is 53.1 Å². The van der Waals surface area contributed by atoms with Crippen LogP contribution in [0.3, 0.4) is 0 Å². The molecule has 10 heteroatoms. The van der Waals surface area contributed by atoms with Gasteiger partial charge in [0.15, 0.2) is 5.16 Å². The fourth-order valence-electron chi connectivity index (χ4n) is 3.14. The van der Waals surface area contributed by atoms with Crippen molar-refractivity contribution < 1.29 is 9.72 Å². The highest BCUT2D eigenvalue weighted by Gasteiger charge is 2.14. The van der Waals surface area contributed by atoms with Crippen molar-refractivity contribution in [3.05, 3.63) is 99.1 Å². The summed E-state index contributed by atoms with van der Waals surface area (Å²) in [7, 11) is 0. The number of benzene rings is 3. The van der Waals surface area contributed by atoms with Gasteiger partial charge in [0.25, 0.3) is 11.6 Å². The summed E-state index contributed by atoms with van der Waals surface area (Å²) in [5.41, 5.74) is 5.85. The number of carbonyl (C=O) groups excluding carboxylic acids is 1. The van der Waals surface area contributed by atoms with Gasteiger partial charge in [-0.2, -0.15) is 5.10 Å². The van der Waals surface area contributed by atoms with Crippen LogP contribution in [-0.2, 0) is 11.3 Å². The number of nitro benzene ring substituents is 1. The number of imidazole rings is 1. The molecule has 0 radical (unpaired) electrons. The molecule has 4 rings (SSSR count). The second-order valence-corrected chi connectivity index (χ2v) is 8.34. The van der Waals surface area contributed by atoms with Gasteiger partial charge in [0, 0.05) is 17.2 Å². The average Bonchev–Trinajstić information content (AvgIpc) is 3.17. The number of nitrogens with zero attached hydrogens (tertiary/aromatic N) is 4. The van der Waals surface area contributed by atoms with Gasteiger partial charge in [0.2, 0.25) is 0 Å². The van der Waals surface area contributed by atoms with Crippen LogP contribution in [0, 0.1) is 10.1 Å². The lowest BCUT2D eigenvalue weighted by atomic mass is 10.2. The van der Waals surface area contributed by atoms with Crippen molar-refractivity contribution in [1.82, 2.24) is 15.0 Å². The van der Waals surface area contributed by atoms with Crippen molar-refractivity contribution in [2.75, 3.05) is 5.75 Å². The van der Waals surface area contributed by atoms with E-state index >= 15 is 0 Å². The Morgan fingerprint density at radius 3 is 2.61 bits per heavy atom. The van der Waals surface area contributed by atoms with E-state index in [1.54, 1.807) is 12.1 Å². The number of nitro groups is 1. The molecule has 0 spiro atoms. The Kier molecular flexibility index (Phi) is 7.01. The number of nitrogens with one attached hydrogen (secondary N) is 1. The van der Waals surface area contributed by atoms with E-state index in [0.29, 0.717) is 22.3 Å². The van der Waals surface area contributed by atoms with Crippen LogP contribution in [-0.4, -0.2) is 32.3 Å². The molecular formula is C23H18ClN5O3S. The Hall–Kier alpha value is -3.69. The van der Waals surface area contributed by atoms with Crippen LogP contribution in [0.2, 0.25) is 5.02 Å². The lowest BCUT2D eigenvalue weighted by Crippen LogP contribution is -2.20. The van der Waals surface area contributed by atoms with Crippen LogP contribution in [0.15, 0.2) is 83.1 Å². The molecule has 1 amide bonds. The van der Waals surface area contributed by atoms with Crippen LogP contribution >= 0.6 is 23.4 Å². The maximum Gasteiger partial charge on any atom is 0.269 e. The minimum Gasteiger partial charge on any atom is -0.314 e. The molecule has 0 fully saturated rings. The molecule has 4 aromatic rings. The van der Waals surface area contributed by atoms with E-state index in [9.17, 15) is 14.9 Å². The zero-order valence-electron chi connectivity index (χ0n) is 17.2. The lowest BCUT2D eigenvalue weighted by molar-refractivity contribution is -0.384. The van der Waals surface area contributed by atoms with Crippen molar-refractivity contribution in [1.29, 1.82) is 0 Å². The molecular weight excluding hydrogens is 462 g/mol. The Labute approximate surface area is 198 Å². The van der Waals surface area contributed by atoms with E-state index in [0.717, 1.165) is 16.6 Å². The molecule has 166 valence electrons. The first kappa shape index (κ1) is 22.5. The number of para-hydroxylation sites is 2. The van der Waals surface area contributed by atoms with Crippen molar-refractivity contribution in [2.45, 2.75) is 11.7 Å². The normalized spacial score (nSPS) is 11.2. The standard InChI is InChI=1S/C23H18ClN5O3S/c24-19-6-2-1-5-17(19)14-28-21-8-4-3-7-20(21)26-23(28)33-15-22(30)27-25-13-16-9-11-18(12-10-16)29(31)32/h1-13H,14-15H2,(H,27,30)/b25-13+. The molecule has 0 saturated heterocycles. The summed E-state index contributed by atoms with van der Waals surface area (Å²) in [6, 6.07) is 21.3. The number of rotatable bonds is 8. The molecule has 8 nitrogen and oxygen atoms in total.